The lowest BCUT2D eigenvalue weighted by Gasteiger charge is -2.05. The van der Waals surface area contributed by atoms with Gasteiger partial charge in [0, 0.05) is 17.0 Å². The molecular weight excluding hydrogens is 270 g/mol. The molecule has 0 N–H and O–H groups in total. The number of rotatable bonds is 3. The van der Waals surface area contributed by atoms with E-state index in [-0.39, 0.29) is 12.7 Å². The van der Waals surface area contributed by atoms with E-state index in [4.69, 9.17) is 16.3 Å². The zero-order valence-electron chi connectivity index (χ0n) is 11.2. The van der Waals surface area contributed by atoms with E-state index in [0.717, 1.165) is 5.56 Å². The number of fused-ring (bicyclic) bond motifs is 1. The van der Waals surface area contributed by atoms with Gasteiger partial charge in [0.15, 0.2) is 5.78 Å². The van der Waals surface area contributed by atoms with E-state index in [1.807, 2.05) is 12.9 Å². The molecule has 1 aliphatic rings. The number of hydrogen-bond donors (Lipinski definition) is 0. The topological polar surface area (TPSA) is 26.3 Å². The second-order valence-corrected chi connectivity index (χ2v) is 5.53. The molecule has 0 radical (unpaired) electrons. The van der Waals surface area contributed by atoms with Crippen molar-refractivity contribution in [3.63, 3.8) is 0 Å². The molecule has 0 bridgehead atoms. The lowest BCUT2D eigenvalue weighted by Crippen LogP contribution is -2.24. The minimum absolute atomic E-state index is 0.0824. The molecule has 2 nitrogen and oxygen atoms in total. The molecule has 0 unspecified atom stereocenters. The molecule has 3 rings (SSSR count). The summed E-state index contributed by atoms with van der Waals surface area (Å²) in [7, 11) is 0. The van der Waals surface area contributed by atoms with Crippen LogP contribution in [0.25, 0.3) is 0 Å². The van der Waals surface area contributed by atoms with Crippen molar-refractivity contribution in [1.82, 2.24) is 0 Å². The van der Waals surface area contributed by atoms with Crippen molar-refractivity contribution in [1.29, 1.82) is 0 Å². The minimum Gasteiger partial charge on any atom is -0.427 e. The highest BCUT2D eigenvalue weighted by molar-refractivity contribution is 6.67. The third kappa shape index (κ3) is 2.65. The van der Waals surface area contributed by atoms with Gasteiger partial charge in [-0.25, -0.2) is 0 Å². The molecule has 4 heteroatoms. The summed E-state index contributed by atoms with van der Waals surface area (Å²) < 4.78 is 5.58. The molecule has 0 aliphatic carbocycles. The molecule has 0 saturated carbocycles. The van der Waals surface area contributed by atoms with Crippen molar-refractivity contribution in [3.8, 4) is 0 Å². The number of hydrogen-bond acceptors (Lipinski definition) is 2. The van der Waals surface area contributed by atoms with Gasteiger partial charge in [-0.1, -0.05) is 48.8 Å². The first kappa shape index (κ1) is 13.4. The zero-order chi connectivity index (χ0) is 14.1. The van der Waals surface area contributed by atoms with Gasteiger partial charge in [0.25, 0.3) is 0 Å². The Morgan fingerprint density at radius 3 is 2.95 bits per heavy atom. The van der Waals surface area contributed by atoms with Gasteiger partial charge in [0.05, 0.1) is 6.61 Å². The number of benzene rings is 2. The Morgan fingerprint density at radius 1 is 1.30 bits per heavy atom. The van der Waals surface area contributed by atoms with Crippen molar-refractivity contribution in [2.75, 3.05) is 0 Å². The van der Waals surface area contributed by atoms with Crippen LogP contribution >= 0.6 is 11.6 Å². The fraction of sp³-hybridized carbons (Fsp3) is 0.188. The Kier molecular flexibility index (Phi) is 3.64. The maximum atomic E-state index is 12.3. The van der Waals surface area contributed by atoms with Crippen LogP contribution in [0.1, 0.15) is 21.5 Å². The Morgan fingerprint density at radius 2 is 2.15 bits per heavy atom. The van der Waals surface area contributed by atoms with E-state index in [1.54, 1.807) is 24.3 Å². The van der Waals surface area contributed by atoms with Crippen molar-refractivity contribution >= 4 is 29.8 Å². The first-order chi connectivity index (χ1) is 9.63. The SMILES string of the molecule is CB1OCc2ccc(CC(=O)c3cccc(Cl)c3)cc21. The molecule has 100 valence electrons. The molecule has 0 amide bonds. The Balaban J connectivity index is 1.82. The summed E-state index contributed by atoms with van der Waals surface area (Å²) in [6, 6.07) is 13.2. The monoisotopic (exact) mass is 284 g/mol. The summed E-state index contributed by atoms with van der Waals surface area (Å²) >= 11 is 5.92. The number of Topliss-reactive ketones (excluding diaryl/α,β-unsaturated/α-hetero) is 1. The third-order valence-corrected chi connectivity index (χ3v) is 3.88. The van der Waals surface area contributed by atoms with Gasteiger partial charge >= 0.3 is 6.92 Å². The third-order valence-electron chi connectivity index (χ3n) is 3.65. The van der Waals surface area contributed by atoms with Crippen LogP contribution in [0.2, 0.25) is 11.8 Å². The lowest BCUT2D eigenvalue weighted by molar-refractivity contribution is 0.0993. The van der Waals surface area contributed by atoms with Gasteiger partial charge in [-0.15, -0.1) is 0 Å². The van der Waals surface area contributed by atoms with E-state index in [0.29, 0.717) is 23.6 Å². The molecule has 1 aliphatic heterocycles. The molecule has 0 saturated heterocycles. The predicted molar refractivity (Wildman–Crippen MR) is 82.0 cm³/mol. The second kappa shape index (κ2) is 5.43. The highest BCUT2D eigenvalue weighted by Gasteiger charge is 2.23. The van der Waals surface area contributed by atoms with Gasteiger partial charge in [-0.05, 0) is 28.7 Å². The molecule has 0 spiro atoms. The number of carbonyl (C=O) groups excluding carboxylic acids is 1. The number of ketones is 1. The van der Waals surface area contributed by atoms with Crippen LogP contribution in [0.3, 0.4) is 0 Å². The maximum Gasteiger partial charge on any atom is 0.324 e. The van der Waals surface area contributed by atoms with E-state index in [2.05, 4.69) is 12.1 Å². The van der Waals surface area contributed by atoms with Crippen molar-refractivity contribution in [2.24, 2.45) is 0 Å². The summed E-state index contributed by atoms with van der Waals surface area (Å²) in [5.41, 5.74) is 4.09. The summed E-state index contributed by atoms with van der Waals surface area (Å²) in [6.07, 6.45) is 0.389. The van der Waals surface area contributed by atoms with Gasteiger partial charge in [-0.2, -0.15) is 0 Å². The van der Waals surface area contributed by atoms with Gasteiger partial charge in [0.1, 0.15) is 0 Å². The van der Waals surface area contributed by atoms with Crippen molar-refractivity contribution < 1.29 is 9.45 Å². The summed E-state index contributed by atoms with van der Waals surface area (Å²) in [6.45, 7) is 2.82. The zero-order valence-corrected chi connectivity index (χ0v) is 12.0. The average molecular weight is 285 g/mol. The predicted octanol–water partition coefficient (Wildman–Crippen LogP) is 3.12. The summed E-state index contributed by atoms with van der Waals surface area (Å²) in [5, 5.41) is 0.590. The molecule has 0 aromatic heterocycles. The summed E-state index contributed by atoms with van der Waals surface area (Å²) in [5.74, 6) is 0.0824. The fourth-order valence-electron chi connectivity index (χ4n) is 2.52. The van der Waals surface area contributed by atoms with Gasteiger partial charge in [-0.3, -0.25) is 4.79 Å². The lowest BCUT2D eigenvalue weighted by atomic mass is 9.64. The first-order valence-corrected chi connectivity index (χ1v) is 7.03. The molecule has 0 atom stereocenters. The van der Waals surface area contributed by atoms with Crippen LogP contribution in [-0.4, -0.2) is 12.7 Å². The fourth-order valence-corrected chi connectivity index (χ4v) is 2.71. The van der Waals surface area contributed by atoms with E-state index >= 15 is 0 Å². The van der Waals surface area contributed by atoms with Crippen LogP contribution < -0.4 is 5.46 Å². The molecule has 2 aromatic carbocycles. The van der Waals surface area contributed by atoms with Gasteiger partial charge < -0.3 is 4.65 Å². The second-order valence-electron chi connectivity index (χ2n) is 5.10. The highest BCUT2D eigenvalue weighted by atomic mass is 35.5. The Hall–Kier alpha value is -1.58. The normalized spacial score (nSPS) is 13.4. The van der Waals surface area contributed by atoms with E-state index in [9.17, 15) is 4.79 Å². The molecule has 1 heterocycles. The van der Waals surface area contributed by atoms with Crippen LogP contribution in [0.4, 0.5) is 0 Å². The molecular formula is C16H14BClO2. The van der Waals surface area contributed by atoms with E-state index in [1.165, 1.54) is 11.0 Å². The summed E-state index contributed by atoms with van der Waals surface area (Å²) in [4.78, 5) is 12.3. The number of halogens is 1. The standard InChI is InChI=1S/C16H14BClO2/c1-17-15-7-11(5-6-13(15)10-20-17)8-16(19)12-3-2-4-14(18)9-12/h2-7,9H,8,10H2,1H3. The Bertz CT molecular complexity index is 669. The molecule has 2 aromatic rings. The van der Waals surface area contributed by atoms with Crippen LogP contribution in [0, 0.1) is 0 Å². The van der Waals surface area contributed by atoms with E-state index < -0.39 is 0 Å². The molecule has 20 heavy (non-hydrogen) atoms. The largest absolute Gasteiger partial charge is 0.427 e. The smallest absolute Gasteiger partial charge is 0.324 e. The first-order valence-electron chi connectivity index (χ1n) is 6.65. The average Bonchev–Trinajstić information content (AvgIpc) is 2.80. The van der Waals surface area contributed by atoms with Crippen LogP contribution in [0.15, 0.2) is 42.5 Å². The molecule has 0 fully saturated rings. The number of carbonyl (C=O) groups is 1. The minimum atomic E-state index is 0.0824. The van der Waals surface area contributed by atoms with Crippen molar-refractivity contribution in [2.45, 2.75) is 19.9 Å². The Labute approximate surface area is 123 Å². The van der Waals surface area contributed by atoms with Gasteiger partial charge in [0.2, 0.25) is 0 Å². The quantitative estimate of drug-likeness (QED) is 0.639. The van der Waals surface area contributed by atoms with Crippen LogP contribution in [0.5, 0.6) is 0 Å². The van der Waals surface area contributed by atoms with Crippen LogP contribution in [-0.2, 0) is 17.7 Å². The maximum absolute atomic E-state index is 12.3. The van der Waals surface area contributed by atoms with Crippen molar-refractivity contribution in [3.05, 3.63) is 64.2 Å². The highest BCUT2D eigenvalue weighted by Crippen LogP contribution is 2.16.